The quantitative estimate of drug-likeness (QED) is 0.478. The number of imidazole rings is 1. The zero-order chi connectivity index (χ0) is 22.8. The lowest BCUT2D eigenvalue weighted by Crippen LogP contribution is -2.33. The van der Waals surface area contributed by atoms with Crippen LogP contribution < -0.4 is 15.7 Å². The molecule has 0 aliphatic rings. The number of hydrogen-bond acceptors (Lipinski definition) is 6. The average Bonchev–Trinajstić information content (AvgIpc) is 3.33. The van der Waals surface area contributed by atoms with E-state index >= 15 is 0 Å². The third-order valence-electron chi connectivity index (χ3n) is 5.19. The molecular weight excluding hydrogens is 410 g/mol. The molecule has 9 heteroatoms. The van der Waals surface area contributed by atoms with E-state index in [-0.39, 0.29) is 24.2 Å². The van der Waals surface area contributed by atoms with Crippen molar-refractivity contribution in [3.8, 4) is 17.1 Å². The van der Waals surface area contributed by atoms with Gasteiger partial charge < -0.3 is 14.6 Å². The number of ether oxygens (including phenoxy) is 1. The highest BCUT2D eigenvalue weighted by Gasteiger charge is 2.19. The molecule has 0 radical (unpaired) electrons. The van der Waals surface area contributed by atoms with Crippen LogP contribution in [-0.4, -0.2) is 32.3 Å². The van der Waals surface area contributed by atoms with Gasteiger partial charge in [-0.3, -0.25) is 13.9 Å². The molecule has 4 rings (SSSR count). The van der Waals surface area contributed by atoms with Gasteiger partial charge in [-0.2, -0.15) is 4.98 Å². The lowest BCUT2D eigenvalue weighted by molar-refractivity contribution is -0.121. The molecule has 0 saturated heterocycles. The molecular formula is C23H25N5O4. The summed E-state index contributed by atoms with van der Waals surface area (Å²) in [5, 5.41) is 6.83. The van der Waals surface area contributed by atoms with E-state index in [0.29, 0.717) is 29.3 Å². The molecule has 0 bridgehead atoms. The van der Waals surface area contributed by atoms with Gasteiger partial charge in [0.15, 0.2) is 0 Å². The molecule has 2 heterocycles. The molecule has 1 amide bonds. The zero-order valence-electron chi connectivity index (χ0n) is 18.5. The first-order valence-corrected chi connectivity index (χ1v) is 10.3. The second-order valence-electron chi connectivity index (χ2n) is 7.80. The Hall–Kier alpha value is -3.88. The summed E-state index contributed by atoms with van der Waals surface area (Å²) in [5.41, 5.74) is 2.76. The van der Waals surface area contributed by atoms with Gasteiger partial charge in [-0.15, -0.1) is 0 Å². The summed E-state index contributed by atoms with van der Waals surface area (Å²) in [7, 11) is 1.60. The molecule has 2 aromatic heterocycles. The van der Waals surface area contributed by atoms with Crippen molar-refractivity contribution in [2.45, 2.75) is 39.9 Å². The number of methoxy groups -OCH3 is 1. The molecule has 1 N–H and O–H groups in total. The van der Waals surface area contributed by atoms with Crippen molar-refractivity contribution in [2.75, 3.05) is 7.11 Å². The Morgan fingerprint density at radius 3 is 2.69 bits per heavy atom. The monoisotopic (exact) mass is 435 g/mol. The first-order valence-electron chi connectivity index (χ1n) is 10.3. The van der Waals surface area contributed by atoms with Gasteiger partial charge in [0.1, 0.15) is 12.3 Å². The van der Waals surface area contributed by atoms with Crippen molar-refractivity contribution in [3.63, 3.8) is 0 Å². The molecule has 0 aliphatic heterocycles. The second-order valence-corrected chi connectivity index (χ2v) is 7.80. The minimum Gasteiger partial charge on any atom is -0.497 e. The fraction of sp³-hybridized carbons (Fsp3) is 0.304. The fourth-order valence-corrected chi connectivity index (χ4v) is 3.67. The molecule has 32 heavy (non-hydrogen) atoms. The molecule has 0 saturated carbocycles. The summed E-state index contributed by atoms with van der Waals surface area (Å²) in [5.74, 6) is 1.34. The van der Waals surface area contributed by atoms with E-state index in [0.717, 1.165) is 16.8 Å². The van der Waals surface area contributed by atoms with E-state index in [1.807, 2.05) is 56.3 Å². The lowest BCUT2D eigenvalue weighted by Gasteiger charge is -2.08. The number of fused-ring (bicyclic) bond motifs is 1. The first-order chi connectivity index (χ1) is 15.4. The van der Waals surface area contributed by atoms with E-state index in [4.69, 9.17) is 9.26 Å². The normalized spacial score (nSPS) is 11.3. The van der Waals surface area contributed by atoms with Crippen LogP contribution in [0.4, 0.5) is 0 Å². The minimum atomic E-state index is -0.265. The summed E-state index contributed by atoms with van der Waals surface area (Å²) < 4.78 is 13.4. The fourth-order valence-electron chi connectivity index (χ4n) is 3.67. The Labute approximate surface area is 184 Å². The average molecular weight is 435 g/mol. The molecule has 0 fully saturated rings. The highest BCUT2D eigenvalue weighted by Crippen LogP contribution is 2.24. The van der Waals surface area contributed by atoms with E-state index in [2.05, 4.69) is 15.5 Å². The maximum absolute atomic E-state index is 13.2. The van der Waals surface area contributed by atoms with Crippen LogP contribution in [0.1, 0.15) is 31.3 Å². The highest BCUT2D eigenvalue weighted by atomic mass is 16.5. The van der Waals surface area contributed by atoms with Crippen LogP contribution in [-0.2, 0) is 17.9 Å². The van der Waals surface area contributed by atoms with E-state index in [1.165, 1.54) is 4.57 Å². The van der Waals surface area contributed by atoms with Crippen molar-refractivity contribution in [1.29, 1.82) is 0 Å². The number of carbonyl (C=O) groups excluding carboxylic acids is 1. The van der Waals surface area contributed by atoms with Crippen molar-refractivity contribution < 1.29 is 14.1 Å². The second kappa shape index (κ2) is 8.70. The smallest absolute Gasteiger partial charge is 0.329 e. The number of carbonyl (C=O) groups is 1. The summed E-state index contributed by atoms with van der Waals surface area (Å²) in [6.45, 7) is 5.82. The molecule has 0 spiro atoms. The third-order valence-corrected chi connectivity index (χ3v) is 5.19. The van der Waals surface area contributed by atoms with Gasteiger partial charge in [0.2, 0.25) is 17.6 Å². The van der Waals surface area contributed by atoms with Gasteiger partial charge in [0.05, 0.1) is 18.1 Å². The molecule has 0 aliphatic carbocycles. The van der Waals surface area contributed by atoms with Crippen molar-refractivity contribution in [2.24, 2.45) is 0 Å². The van der Waals surface area contributed by atoms with Gasteiger partial charge in [-0.25, -0.2) is 4.79 Å². The standard InChI is InChI=1S/C23H25N5O4/c1-14(2)28-19-9-8-17(22-25-15(3)32-26-22)11-20(19)27(23(28)30)13-21(29)24-12-16-6-5-7-18(10-16)31-4/h5-11,14H,12-13H2,1-4H3,(H,24,29). The number of aryl methyl sites for hydroxylation is 1. The maximum atomic E-state index is 13.2. The Morgan fingerprint density at radius 2 is 2.00 bits per heavy atom. The van der Waals surface area contributed by atoms with Crippen LogP contribution >= 0.6 is 0 Å². The summed E-state index contributed by atoms with van der Waals surface area (Å²) >= 11 is 0. The van der Waals surface area contributed by atoms with Gasteiger partial charge >= 0.3 is 5.69 Å². The SMILES string of the molecule is COc1cccc(CNC(=O)Cn2c(=O)n(C(C)C)c3ccc(-c4noc(C)n4)cc32)c1. The van der Waals surface area contributed by atoms with Crippen LogP contribution in [0.5, 0.6) is 5.75 Å². The molecule has 166 valence electrons. The number of nitrogens with zero attached hydrogens (tertiary/aromatic N) is 4. The number of benzene rings is 2. The molecule has 4 aromatic rings. The van der Waals surface area contributed by atoms with Gasteiger partial charge in [-0.05, 0) is 49.7 Å². The van der Waals surface area contributed by atoms with Crippen LogP contribution in [0, 0.1) is 6.92 Å². The lowest BCUT2D eigenvalue weighted by atomic mass is 10.2. The third kappa shape index (κ3) is 4.14. The van der Waals surface area contributed by atoms with Crippen LogP contribution in [0.25, 0.3) is 22.4 Å². The molecule has 9 nitrogen and oxygen atoms in total. The molecule has 2 aromatic carbocycles. The van der Waals surface area contributed by atoms with Gasteiger partial charge in [0.25, 0.3) is 0 Å². The largest absolute Gasteiger partial charge is 0.497 e. The van der Waals surface area contributed by atoms with Gasteiger partial charge in [0, 0.05) is 25.1 Å². The van der Waals surface area contributed by atoms with Crippen LogP contribution in [0.3, 0.4) is 0 Å². The number of nitrogens with one attached hydrogen (secondary N) is 1. The molecule has 0 atom stereocenters. The van der Waals surface area contributed by atoms with E-state index in [9.17, 15) is 9.59 Å². The van der Waals surface area contributed by atoms with Crippen molar-refractivity contribution in [3.05, 3.63) is 64.4 Å². The summed E-state index contributed by atoms with van der Waals surface area (Å²) in [6, 6.07) is 12.9. The topological polar surface area (TPSA) is 104 Å². The predicted octanol–water partition coefficient (Wildman–Crippen LogP) is 3.07. The van der Waals surface area contributed by atoms with Crippen LogP contribution in [0.2, 0.25) is 0 Å². The number of aromatic nitrogens is 4. The Morgan fingerprint density at radius 1 is 1.19 bits per heavy atom. The summed E-state index contributed by atoms with van der Waals surface area (Å²) in [6.07, 6.45) is 0. The van der Waals surface area contributed by atoms with Gasteiger partial charge in [-0.1, -0.05) is 17.3 Å². The number of hydrogen-bond donors (Lipinski definition) is 1. The van der Waals surface area contributed by atoms with E-state index in [1.54, 1.807) is 18.6 Å². The Balaban J connectivity index is 1.64. The maximum Gasteiger partial charge on any atom is 0.329 e. The van der Waals surface area contributed by atoms with Crippen molar-refractivity contribution in [1.82, 2.24) is 24.6 Å². The first kappa shape index (κ1) is 21.4. The zero-order valence-corrected chi connectivity index (χ0v) is 18.5. The van der Waals surface area contributed by atoms with Crippen LogP contribution in [0.15, 0.2) is 51.8 Å². The number of amides is 1. The Bertz CT molecular complexity index is 1330. The number of rotatable bonds is 7. The highest BCUT2D eigenvalue weighted by molar-refractivity contribution is 5.84. The minimum absolute atomic E-state index is 0.0654. The van der Waals surface area contributed by atoms with Crippen molar-refractivity contribution >= 4 is 16.9 Å². The predicted molar refractivity (Wildman–Crippen MR) is 119 cm³/mol. The molecule has 0 unspecified atom stereocenters. The summed E-state index contributed by atoms with van der Waals surface area (Å²) in [4.78, 5) is 30.1. The van der Waals surface area contributed by atoms with E-state index < -0.39 is 0 Å². The Kier molecular flexibility index (Phi) is 5.81.